The minimum atomic E-state index is -4.82. The van der Waals surface area contributed by atoms with Gasteiger partial charge in [-0.1, -0.05) is 34.4 Å². The van der Waals surface area contributed by atoms with E-state index in [-0.39, 0.29) is 39.2 Å². The molecule has 2 aromatic carbocycles. The van der Waals surface area contributed by atoms with Gasteiger partial charge in [0.2, 0.25) is 0 Å². The van der Waals surface area contributed by atoms with Crippen molar-refractivity contribution in [1.29, 1.82) is 0 Å². The van der Waals surface area contributed by atoms with Gasteiger partial charge in [-0.25, -0.2) is 8.42 Å². The molecule has 1 N–H and O–H groups in total. The molecule has 2 heterocycles. The summed E-state index contributed by atoms with van der Waals surface area (Å²) in [6, 6.07) is 8.08. The van der Waals surface area contributed by atoms with Crippen LogP contribution in [0.1, 0.15) is 46.8 Å². The Kier molecular flexibility index (Phi) is 6.39. The van der Waals surface area contributed by atoms with Crippen LogP contribution in [-0.2, 0) is 20.3 Å². The van der Waals surface area contributed by atoms with Crippen molar-refractivity contribution in [2.45, 2.75) is 43.2 Å². The molecule has 12 heteroatoms. The van der Waals surface area contributed by atoms with Crippen molar-refractivity contribution in [1.82, 2.24) is 5.32 Å². The fourth-order valence-electron chi connectivity index (χ4n) is 4.12. The highest BCUT2D eigenvalue weighted by Crippen LogP contribution is 2.49. The number of halogens is 5. The van der Waals surface area contributed by atoms with Gasteiger partial charge >= 0.3 is 6.18 Å². The Balaban J connectivity index is 1.55. The van der Waals surface area contributed by atoms with Gasteiger partial charge in [-0.05, 0) is 61.7 Å². The number of amides is 1. The zero-order valence-corrected chi connectivity index (χ0v) is 21.0. The molecule has 2 aliphatic rings. The lowest BCUT2D eigenvalue weighted by Crippen LogP contribution is -2.55. The Morgan fingerprint density at radius 1 is 1.17 bits per heavy atom. The smallest absolute Gasteiger partial charge is 0.374 e. The summed E-state index contributed by atoms with van der Waals surface area (Å²) in [5.74, 6) is -0.377. The van der Waals surface area contributed by atoms with E-state index in [0.29, 0.717) is 17.5 Å². The first-order valence-corrected chi connectivity index (χ1v) is 13.0. The lowest BCUT2D eigenvalue weighted by Gasteiger charge is -2.37. The molecular formula is C23H21Cl2F3N2O4S. The first-order valence-electron chi connectivity index (χ1n) is 10.6. The Labute approximate surface area is 210 Å². The van der Waals surface area contributed by atoms with Crippen LogP contribution in [0.2, 0.25) is 10.0 Å². The fraction of sp³-hybridized carbons (Fsp3) is 0.391. The van der Waals surface area contributed by atoms with Crippen LogP contribution in [0.15, 0.2) is 41.6 Å². The summed E-state index contributed by atoms with van der Waals surface area (Å²) < 4.78 is 65.5. The molecule has 2 atom stereocenters. The lowest BCUT2D eigenvalue weighted by molar-refractivity contribution is -0.275. The first-order chi connectivity index (χ1) is 16.2. The minimum Gasteiger partial charge on any atom is -0.374 e. The molecular weight excluding hydrogens is 528 g/mol. The summed E-state index contributed by atoms with van der Waals surface area (Å²) in [6.07, 6.45) is -4.97. The van der Waals surface area contributed by atoms with Crippen LogP contribution >= 0.6 is 23.2 Å². The summed E-state index contributed by atoms with van der Waals surface area (Å²) in [5.41, 5.74) is -1.87. The highest BCUT2D eigenvalue weighted by molar-refractivity contribution is 7.94. The second kappa shape index (κ2) is 8.67. The average Bonchev–Trinajstić information content (AvgIpc) is 3.23. The van der Waals surface area contributed by atoms with Gasteiger partial charge in [-0.2, -0.15) is 13.2 Å². The molecule has 1 amide bonds. The van der Waals surface area contributed by atoms with Gasteiger partial charge in [0, 0.05) is 34.1 Å². The average molecular weight is 549 g/mol. The SMILES string of the molecule is Cc1cc(C2=NO[C@@](c3cc(Cl)cc(Cl)c3)(C(F)(F)F)C2)ccc1C(=O)NCC1(C)CCS1(=O)=O. The number of hydrogen-bond donors (Lipinski definition) is 1. The van der Waals surface area contributed by atoms with Crippen molar-refractivity contribution in [2.75, 3.05) is 12.3 Å². The van der Waals surface area contributed by atoms with Crippen LogP contribution in [0.4, 0.5) is 13.2 Å². The number of carbonyl (C=O) groups excluding carboxylic acids is 1. The Morgan fingerprint density at radius 3 is 2.34 bits per heavy atom. The quantitative estimate of drug-likeness (QED) is 0.557. The third kappa shape index (κ3) is 4.51. The predicted molar refractivity (Wildman–Crippen MR) is 127 cm³/mol. The van der Waals surface area contributed by atoms with Crippen molar-refractivity contribution < 1.29 is 31.2 Å². The van der Waals surface area contributed by atoms with E-state index < -0.39 is 38.7 Å². The number of alkyl halides is 3. The van der Waals surface area contributed by atoms with E-state index >= 15 is 0 Å². The largest absolute Gasteiger partial charge is 0.435 e. The van der Waals surface area contributed by atoms with Crippen LogP contribution in [0.5, 0.6) is 0 Å². The van der Waals surface area contributed by atoms with E-state index in [1.54, 1.807) is 13.8 Å². The number of carbonyl (C=O) groups is 1. The van der Waals surface area contributed by atoms with Crippen molar-refractivity contribution >= 4 is 44.7 Å². The standard InChI is InChI=1S/C23H21Cl2F3N2O4S/c1-13-7-14(3-4-18(13)20(31)29-12-21(2)5-6-35(21,32)33)19-11-22(34-30-19,23(26,27)28)15-8-16(24)10-17(25)9-15/h3-4,7-10H,5-6,11-12H2,1-2H3,(H,29,31)/t21?,22-/m0/s1. The Bertz CT molecular complexity index is 1330. The van der Waals surface area contributed by atoms with E-state index in [0.717, 1.165) is 12.1 Å². The van der Waals surface area contributed by atoms with Crippen LogP contribution in [-0.4, -0.2) is 43.3 Å². The number of benzene rings is 2. The number of sulfone groups is 1. The summed E-state index contributed by atoms with van der Waals surface area (Å²) in [7, 11) is -3.23. The van der Waals surface area contributed by atoms with Crippen molar-refractivity contribution in [3.8, 4) is 0 Å². The molecule has 0 aliphatic carbocycles. The van der Waals surface area contributed by atoms with Gasteiger partial charge < -0.3 is 10.2 Å². The highest BCUT2D eigenvalue weighted by Gasteiger charge is 2.62. The topological polar surface area (TPSA) is 84.8 Å². The molecule has 2 aliphatic heterocycles. The summed E-state index contributed by atoms with van der Waals surface area (Å²) in [4.78, 5) is 17.7. The van der Waals surface area contributed by atoms with Crippen LogP contribution in [0.3, 0.4) is 0 Å². The minimum absolute atomic E-state index is 0.0216. The molecule has 0 bridgehead atoms. The van der Waals surface area contributed by atoms with Crippen LogP contribution in [0, 0.1) is 6.92 Å². The number of hydrogen-bond acceptors (Lipinski definition) is 5. The third-order valence-corrected chi connectivity index (χ3v) is 9.62. The van der Waals surface area contributed by atoms with Gasteiger partial charge in [0.1, 0.15) is 0 Å². The zero-order valence-electron chi connectivity index (χ0n) is 18.7. The highest BCUT2D eigenvalue weighted by atomic mass is 35.5. The van der Waals surface area contributed by atoms with Crippen LogP contribution < -0.4 is 5.32 Å². The molecule has 2 aromatic rings. The fourth-order valence-corrected chi connectivity index (χ4v) is 6.17. The first kappa shape index (κ1) is 25.8. The van der Waals surface area contributed by atoms with Gasteiger partial charge in [0.25, 0.3) is 11.5 Å². The van der Waals surface area contributed by atoms with E-state index in [1.807, 2.05) is 0 Å². The van der Waals surface area contributed by atoms with E-state index in [2.05, 4.69) is 10.5 Å². The van der Waals surface area contributed by atoms with Crippen molar-refractivity contribution in [3.05, 3.63) is 68.7 Å². The van der Waals surface area contributed by atoms with Crippen molar-refractivity contribution in [3.63, 3.8) is 0 Å². The molecule has 0 aromatic heterocycles. The molecule has 1 unspecified atom stereocenters. The van der Waals surface area contributed by atoms with Gasteiger partial charge in [0.05, 0.1) is 16.2 Å². The monoisotopic (exact) mass is 548 g/mol. The molecule has 0 radical (unpaired) electrons. The summed E-state index contributed by atoms with van der Waals surface area (Å²) >= 11 is 11.9. The maximum Gasteiger partial charge on any atom is 0.435 e. The molecule has 188 valence electrons. The van der Waals surface area contributed by atoms with Gasteiger partial charge in [0.15, 0.2) is 9.84 Å². The van der Waals surface area contributed by atoms with E-state index in [4.69, 9.17) is 28.0 Å². The van der Waals surface area contributed by atoms with E-state index in [1.165, 1.54) is 24.3 Å². The predicted octanol–water partition coefficient (Wildman–Crippen LogP) is 5.19. The molecule has 1 fully saturated rings. The Hall–Kier alpha value is -2.30. The second-order valence-corrected chi connectivity index (χ2v) is 12.5. The normalized spacial score (nSPS) is 25.4. The molecule has 0 saturated carbocycles. The number of rotatable bonds is 5. The molecule has 6 nitrogen and oxygen atoms in total. The zero-order chi connectivity index (χ0) is 25.8. The number of nitrogens with zero attached hydrogens (tertiary/aromatic N) is 1. The number of nitrogens with one attached hydrogen (secondary N) is 1. The second-order valence-electron chi connectivity index (χ2n) is 9.02. The number of oxime groups is 1. The summed E-state index contributed by atoms with van der Waals surface area (Å²) in [5, 5.41) is 6.43. The summed E-state index contributed by atoms with van der Waals surface area (Å²) in [6.45, 7) is 3.19. The maximum atomic E-state index is 14.2. The molecule has 4 rings (SSSR count). The molecule has 0 spiro atoms. The number of aryl methyl sites for hydroxylation is 1. The van der Waals surface area contributed by atoms with Crippen LogP contribution in [0.25, 0.3) is 0 Å². The maximum absolute atomic E-state index is 14.2. The van der Waals surface area contributed by atoms with E-state index in [9.17, 15) is 26.4 Å². The van der Waals surface area contributed by atoms with Gasteiger partial charge in [-0.15, -0.1) is 0 Å². The third-order valence-electron chi connectivity index (χ3n) is 6.59. The lowest BCUT2D eigenvalue weighted by atomic mass is 9.86. The van der Waals surface area contributed by atoms with Gasteiger partial charge in [-0.3, -0.25) is 4.79 Å². The van der Waals surface area contributed by atoms with Crippen molar-refractivity contribution in [2.24, 2.45) is 5.16 Å². The molecule has 35 heavy (non-hydrogen) atoms. The Morgan fingerprint density at radius 2 is 1.83 bits per heavy atom. The molecule has 1 saturated heterocycles.